The van der Waals surface area contributed by atoms with E-state index in [-0.39, 0.29) is 63.8 Å². The van der Waals surface area contributed by atoms with Gasteiger partial charge in [0.2, 0.25) is 0 Å². The Balaban J connectivity index is 0.893. The van der Waals surface area contributed by atoms with E-state index < -0.39 is 105 Å². The van der Waals surface area contributed by atoms with Crippen molar-refractivity contribution in [1.29, 1.82) is 0 Å². The van der Waals surface area contributed by atoms with Crippen LogP contribution < -0.4 is 17.2 Å². The van der Waals surface area contributed by atoms with Crippen molar-refractivity contribution >= 4 is 74.4 Å². The number of phosphoric ester groups is 3. The quantitative estimate of drug-likeness (QED) is 0.0502. The molecule has 350 valence electrons. The van der Waals surface area contributed by atoms with Crippen LogP contribution in [0, 0.1) is 0 Å². The van der Waals surface area contributed by atoms with Crippen molar-refractivity contribution in [3.8, 4) is 0 Å². The minimum Gasteiger partial charge on any atom is -0.388 e. The van der Waals surface area contributed by atoms with Crippen LogP contribution in [0.1, 0.15) is 31.5 Å². The van der Waals surface area contributed by atoms with Gasteiger partial charge in [-0.1, -0.05) is 0 Å². The van der Waals surface area contributed by atoms with Crippen LogP contribution in [0.4, 0.5) is 17.5 Å². The zero-order valence-electron chi connectivity index (χ0n) is 32.9. The minimum atomic E-state index is -5.26. The van der Waals surface area contributed by atoms with Gasteiger partial charge in [-0.15, -0.1) is 0 Å². The van der Waals surface area contributed by atoms with E-state index in [4.69, 9.17) is 49.5 Å². The number of aliphatic hydroxyl groups is 2. The van der Waals surface area contributed by atoms with Crippen LogP contribution in [0.2, 0.25) is 0 Å². The second-order valence-corrected chi connectivity index (χ2v) is 18.7. The molecule has 3 fully saturated rings. The van der Waals surface area contributed by atoms with Gasteiger partial charge in [-0.2, -0.15) is 0 Å². The Kier molecular flexibility index (Phi) is 12.2. The summed E-state index contributed by atoms with van der Waals surface area (Å²) in [6.45, 7) is -2.16. The summed E-state index contributed by atoms with van der Waals surface area (Å²) < 4.78 is 86.6. The lowest BCUT2D eigenvalue weighted by atomic mass is 10.1. The van der Waals surface area contributed by atoms with Crippen molar-refractivity contribution in [3.63, 3.8) is 0 Å². The Morgan fingerprint density at radius 1 is 0.585 bits per heavy atom. The summed E-state index contributed by atoms with van der Waals surface area (Å²) in [5.41, 5.74) is 18.7. The molecule has 3 saturated heterocycles. The van der Waals surface area contributed by atoms with E-state index in [1.807, 2.05) is 0 Å². The smallest absolute Gasteiger partial charge is 0.388 e. The molecule has 35 heteroatoms. The molecule has 9 rings (SSSR count). The number of aromatic nitrogens is 12. The number of rotatable bonds is 16. The molecule has 6 aromatic heterocycles. The van der Waals surface area contributed by atoms with Crippen LogP contribution in [-0.2, 0) is 50.5 Å². The first-order chi connectivity index (χ1) is 30.8. The highest BCUT2D eigenvalue weighted by Crippen LogP contribution is 2.53. The van der Waals surface area contributed by atoms with Gasteiger partial charge >= 0.3 is 23.5 Å². The number of nitrogens with two attached hydrogens (primary N) is 3. The number of ether oxygens (including phenoxy) is 3. The summed E-state index contributed by atoms with van der Waals surface area (Å²) in [4.78, 5) is 77.1. The first-order valence-corrected chi connectivity index (χ1v) is 23.5. The zero-order chi connectivity index (χ0) is 46.0. The summed E-state index contributed by atoms with van der Waals surface area (Å²) in [7, 11) is -15.3. The van der Waals surface area contributed by atoms with Crippen LogP contribution in [0.3, 0.4) is 0 Å². The Bertz CT molecular complexity index is 2870. The van der Waals surface area contributed by atoms with Crippen LogP contribution >= 0.6 is 23.5 Å². The Morgan fingerprint density at radius 2 is 1.05 bits per heavy atom. The lowest BCUT2D eigenvalue weighted by Gasteiger charge is -2.24. The number of hydrogen-bond donors (Lipinski definition) is 9. The minimum absolute atomic E-state index is 0.00168. The molecule has 6 aromatic rings. The third-order valence-corrected chi connectivity index (χ3v) is 12.9. The maximum atomic E-state index is 13.6. The van der Waals surface area contributed by atoms with Gasteiger partial charge in [-0.3, -0.25) is 36.3 Å². The molecule has 0 bridgehead atoms. The standard InChI is InChI=1S/C30H38N15O17P3/c31-22-17-25(37-6-34-22)43(9-40-17)28-14(46)1-12(58-28)3-56-64(51,52)61-15-2-13(59-29(15)44-10-41-18-23(32)35-7-38-26(18)44)4-57-65(53,54)62-21-20(47)16(5-55-63(48,49)50)60-30(21)45-11-42-19-24(33)36-8-39-27(19)45/h6-16,20-21,28-30,46-47H,1-5H2,(H,51,52)(H,53,54)(H2,31,34,37)(H2,32,35,38)(H2,33,36,39)(H2,48,49,50)/t12-,13-,14+,15+,16+,20+,21+,28+,29+,30+/m0/s1. The van der Waals surface area contributed by atoms with Gasteiger partial charge in [-0.25, -0.2) is 58.6 Å². The van der Waals surface area contributed by atoms with Gasteiger partial charge in [0.05, 0.1) is 51.0 Å². The van der Waals surface area contributed by atoms with Crippen molar-refractivity contribution in [1.82, 2.24) is 58.6 Å². The Morgan fingerprint density at radius 3 is 1.57 bits per heavy atom. The Labute approximate surface area is 362 Å². The second-order valence-electron chi connectivity index (χ2n) is 14.7. The third kappa shape index (κ3) is 9.31. The van der Waals surface area contributed by atoms with Gasteiger partial charge in [0, 0.05) is 12.8 Å². The van der Waals surface area contributed by atoms with Gasteiger partial charge in [-0.05, 0) is 0 Å². The van der Waals surface area contributed by atoms with Gasteiger partial charge in [0.25, 0.3) is 0 Å². The summed E-state index contributed by atoms with van der Waals surface area (Å²) in [5.74, 6) is 0.0740. The average Bonchev–Trinajstić information content (AvgIpc) is 4.11. The SMILES string of the molecule is Nc1ncnc2c1ncn2[C@@H]1O[C@H](COP(=O)(O)O)[C@@H](O)[C@H]1OP(=O)(O)OC[C@@H]1C[C@@H](OP(=O)(O)OC[C@@H]2C[C@@H](O)[C@H](n3cnc4c(N)ncnc43)O2)[C@H](n2cnc3c(N)ncnc32)O1. The molecule has 0 aromatic carbocycles. The highest BCUT2D eigenvalue weighted by Gasteiger charge is 2.51. The molecule has 3 aliphatic heterocycles. The van der Waals surface area contributed by atoms with Crippen molar-refractivity contribution in [3.05, 3.63) is 38.0 Å². The zero-order valence-corrected chi connectivity index (χ0v) is 35.6. The normalized spacial score (nSPS) is 29.3. The number of nitrogens with zero attached hydrogens (tertiary/aromatic N) is 12. The van der Waals surface area contributed by atoms with Crippen molar-refractivity contribution < 1.29 is 80.3 Å². The number of aliphatic hydroxyl groups excluding tert-OH is 2. The summed E-state index contributed by atoms with van der Waals surface area (Å²) in [6, 6.07) is 0. The molecule has 0 aliphatic carbocycles. The highest BCUT2D eigenvalue weighted by atomic mass is 31.2. The maximum absolute atomic E-state index is 13.6. The predicted octanol–water partition coefficient (Wildman–Crippen LogP) is -1.44. The molecule has 0 spiro atoms. The number of fused-ring (bicyclic) bond motifs is 3. The fourth-order valence-corrected chi connectivity index (χ4v) is 9.76. The average molecular weight is 974 g/mol. The molecule has 0 amide bonds. The highest BCUT2D eigenvalue weighted by molar-refractivity contribution is 7.47. The van der Waals surface area contributed by atoms with Crippen molar-refractivity contribution in [2.45, 2.75) is 74.3 Å². The van der Waals surface area contributed by atoms with E-state index in [0.717, 1.165) is 19.0 Å². The summed E-state index contributed by atoms with van der Waals surface area (Å²) in [5, 5.41) is 22.0. The van der Waals surface area contributed by atoms with E-state index in [2.05, 4.69) is 49.4 Å². The molecular formula is C30H38N15O17P3. The molecule has 2 unspecified atom stereocenters. The first-order valence-electron chi connectivity index (χ1n) is 19.0. The lowest BCUT2D eigenvalue weighted by molar-refractivity contribution is -0.0624. The van der Waals surface area contributed by atoms with E-state index >= 15 is 0 Å². The summed E-state index contributed by atoms with van der Waals surface area (Å²) in [6.07, 6.45) is -6.76. The molecule has 12 N–H and O–H groups in total. The molecule has 9 heterocycles. The van der Waals surface area contributed by atoms with E-state index in [0.29, 0.717) is 0 Å². The number of imidazole rings is 3. The number of phosphoric acid groups is 3. The van der Waals surface area contributed by atoms with Gasteiger partial charge in [0.1, 0.15) is 66.1 Å². The maximum Gasteiger partial charge on any atom is 0.472 e. The van der Waals surface area contributed by atoms with Crippen LogP contribution in [-0.4, -0.2) is 151 Å². The molecule has 3 aliphatic rings. The third-order valence-electron chi connectivity index (χ3n) is 10.4. The number of nitrogen functional groups attached to an aromatic ring is 3. The summed E-state index contributed by atoms with van der Waals surface area (Å²) >= 11 is 0. The molecule has 65 heavy (non-hydrogen) atoms. The van der Waals surface area contributed by atoms with Gasteiger partial charge < -0.3 is 61.2 Å². The van der Waals surface area contributed by atoms with Gasteiger partial charge in [0.15, 0.2) is 53.1 Å². The topological polar surface area (TPSA) is 455 Å². The van der Waals surface area contributed by atoms with E-state index in [1.165, 1.54) is 32.7 Å². The molecule has 0 radical (unpaired) electrons. The van der Waals surface area contributed by atoms with Crippen LogP contribution in [0.5, 0.6) is 0 Å². The van der Waals surface area contributed by atoms with E-state index in [9.17, 15) is 43.5 Å². The predicted molar refractivity (Wildman–Crippen MR) is 211 cm³/mol. The second kappa shape index (κ2) is 17.4. The largest absolute Gasteiger partial charge is 0.472 e. The number of hydrogen-bond acceptors (Lipinski definition) is 25. The fraction of sp³-hybridized carbons (Fsp3) is 0.500. The van der Waals surface area contributed by atoms with Crippen LogP contribution in [0.15, 0.2) is 38.0 Å². The molecular weight excluding hydrogens is 935 g/mol. The lowest BCUT2D eigenvalue weighted by Crippen LogP contribution is -2.35. The van der Waals surface area contributed by atoms with Crippen molar-refractivity contribution in [2.24, 2.45) is 0 Å². The molecule has 12 atom stereocenters. The van der Waals surface area contributed by atoms with Crippen molar-refractivity contribution in [2.75, 3.05) is 37.0 Å². The Hall–Kier alpha value is -4.82. The first kappa shape index (κ1) is 45.3. The molecule has 0 saturated carbocycles. The molecule has 32 nitrogen and oxygen atoms in total. The van der Waals surface area contributed by atoms with Crippen LogP contribution in [0.25, 0.3) is 33.5 Å². The number of anilines is 3. The van der Waals surface area contributed by atoms with E-state index in [1.54, 1.807) is 0 Å². The monoisotopic (exact) mass is 973 g/mol. The fourth-order valence-electron chi connectivity index (χ4n) is 7.52.